The summed E-state index contributed by atoms with van der Waals surface area (Å²) in [6.07, 6.45) is 3.27. The van der Waals surface area contributed by atoms with Crippen molar-refractivity contribution in [3.05, 3.63) is 75.8 Å². The smallest absolute Gasteiger partial charge is 0.185 e. The Morgan fingerprint density at radius 1 is 0.944 bits per heavy atom. The summed E-state index contributed by atoms with van der Waals surface area (Å²) < 4.78 is 0. The number of carbonyl (C=O) groups is 1. The predicted octanol–water partition coefficient (Wildman–Crippen LogP) is 4.89. The van der Waals surface area contributed by atoms with Crippen LogP contribution in [-0.2, 0) is 0 Å². The third-order valence-electron chi connectivity index (χ3n) is 2.37. The molecule has 0 heterocycles. The highest BCUT2D eigenvalue weighted by Crippen LogP contribution is 2.19. The lowest BCUT2D eigenvalue weighted by Crippen LogP contribution is -1.93. The van der Waals surface area contributed by atoms with E-state index in [0.29, 0.717) is 15.6 Å². The van der Waals surface area contributed by atoms with E-state index in [2.05, 4.69) is 0 Å². The van der Waals surface area contributed by atoms with E-state index in [9.17, 15) is 4.79 Å². The maximum atomic E-state index is 11.9. The van der Waals surface area contributed by atoms with Gasteiger partial charge in [-0.3, -0.25) is 4.79 Å². The first-order valence-electron chi connectivity index (χ1n) is 5.39. The average Bonchev–Trinajstić information content (AvgIpc) is 2.36. The van der Waals surface area contributed by atoms with E-state index in [1.165, 1.54) is 6.08 Å². The summed E-state index contributed by atoms with van der Waals surface area (Å²) >= 11 is 11.7. The minimum absolute atomic E-state index is 0.122. The molecule has 0 saturated heterocycles. The van der Waals surface area contributed by atoms with Crippen LogP contribution >= 0.6 is 23.2 Å². The van der Waals surface area contributed by atoms with Gasteiger partial charge in [-0.2, -0.15) is 0 Å². The van der Waals surface area contributed by atoms with E-state index >= 15 is 0 Å². The minimum atomic E-state index is -0.122. The number of carbonyl (C=O) groups excluding carboxylic acids is 1. The normalized spacial score (nSPS) is 10.8. The zero-order valence-corrected chi connectivity index (χ0v) is 10.9. The average molecular weight is 277 g/mol. The molecule has 3 heteroatoms. The highest BCUT2D eigenvalue weighted by Gasteiger charge is 2.04. The molecule has 0 saturated carbocycles. The van der Waals surface area contributed by atoms with Crippen LogP contribution in [0, 0.1) is 0 Å². The summed E-state index contributed by atoms with van der Waals surface area (Å²) in [5, 5.41) is 0.915. The molecule has 0 bridgehead atoms. The molecule has 0 radical (unpaired) electrons. The van der Waals surface area contributed by atoms with Gasteiger partial charge in [-0.25, -0.2) is 0 Å². The molecule has 0 N–H and O–H groups in total. The summed E-state index contributed by atoms with van der Waals surface area (Å²) in [5.41, 5.74) is 1.46. The van der Waals surface area contributed by atoms with Crippen molar-refractivity contribution in [3.63, 3.8) is 0 Å². The van der Waals surface area contributed by atoms with Crippen molar-refractivity contribution in [2.75, 3.05) is 0 Å². The van der Waals surface area contributed by atoms with Gasteiger partial charge < -0.3 is 0 Å². The molecular weight excluding hydrogens is 267 g/mol. The molecule has 0 amide bonds. The van der Waals surface area contributed by atoms with Gasteiger partial charge in [-0.05, 0) is 29.8 Å². The first-order chi connectivity index (χ1) is 8.65. The molecule has 0 fully saturated rings. The number of allylic oxidation sites excluding steroid dienone is 1. The van der Waals surface area contributed by atoms with Gasteiger partial charge in [-0.15, -0.1) is 0 Å². The van der Waals surface area contributed by atoms with Crippen LogP contribution in [0.4, 0.5) is 0 Å². The fraction of sp³-hybridized carbons (Fsp3) is 0. The molecule has 0 aromatic heterocycles. The Hall–Kier alpha value is -1.57. The van der Waals surface area contributed by atoms with Crippen molar-refractivity contribution in [2.24, 2.45) is 0 Å². The van der Waals surface area contributed by atoms with Crippen LogP contribution in [0.2, 0.25) is 10.0 Å². The van der Waals surface area contributed by atoms with E-state index in [4.69, 9.17) is 23.2 Å². The Morgan fingerprint density at radius 3 is 2.17 bits per heavy atom. The second-order valence-electron chi connectivity index (χ2n) is 3.77. The van der Waals surface area contributed by atoms with Gasteiger partial charge in [0.05, 0.1) is 0 Å². The first kappa shape index (κ1) is 12.9. The zero-order valence-electron chi connectivity index (χ0n) is 9.44. The number of rotatable bonds is 3. The van der Waals surface area contributed by atoms with Crippen molar-refractivity contribution in [2.45, 2.75) is 0 Å². The molecule has 18 heavy (non-hydrogen) atoms. The lowest BCUT2D eigenvalue weighted by Gasteiger charge is -1.98. The second kappa shape index (κ2) is 5.85. The Balaban J connectivity index is 2.20. The number of hydrogen-bond acceptors (Lipinski definition) is 1. The van der Waals surface area contributed by atoms with Gasteiger partial charge in [0.2, 0.25) is 0 Å². The van der Waals surface area contributed by atoms with Crippen LogP contribution in [0.1, 0.15) is 15.9 Å². The Kier molecular flexibility index (Phi) is 4.19. The van der Waals surface area contributed by atoms with E-state index in [1.54, 1.807) is 24.3 Å². The van der Waals surface area contributed by atoms with Crippen molar-refractivity contribution >= 4 is 35.1 Å². The van der Waals surface area contributed by atoms with Gasteiger partial charge in [-0.1, -0.05) is 59.6 Å². The van der Waals surface area contributed by atoms with Crippen molar-refractivity contribution in [3.8, 4) is 0 Å². The lowest BCUT2D eigenvalue weighted by atomic mass is 10.1. The van der Waals surface area contributed by atoms with E-state index in [1.807, 2.05) is 30.3 Å². The molecular formula is C15H10Cl2O. The van der Waals surface area contributed by atoms with Crippen LogP contribution in [0.15, 0.2) is 54.6 Å². The van der Waals surface area contributed by atoms with Gasteiger partial charge in [0, 0.05) is 15.6 Å². The quantitative estimate of drug-likeness (QED) is 0.576. The van der Waals surface area contributed by atoms with Gasteiger partial charge >= 0.3 is 0 Å². The molecule has 0 spiro atoms. The van der Waals surface area contributed by atoms with Gasteiger partial charge in [0.25, 0.3) is 0 Å². The Bertz CT molecular complexity index is 568. The molecule has 0 aliphatic heterocycles. The summed E-state index contributed by atoms with van der Waals surface area (Å²) in [5.74, 6) is -0.122. The molecule has 90 valence electrons. The number of hydrogen-bond donors (Lipinski definition) is 0. The predicted molar refractivity (Wildman–Crippen MR) is 76.3 cm³/mol. The fourth-order valence-electron chi connectivity index (χ4n) is 1.53. The molecule has 2 aromatic rings. The van der Waals surface area contributed by atoms with Crippen LogP contribution in [-0.4, -0.2) is 5.78 Å². The third-order valence-corrected chi connectivity index (χ3v) is 2.81. The lowest BCUT2D eigenvalue weighted by molar-refractivity contribution is 0.104. The van der Waals surface area contributed by atoms with Crippen molar-refractivity contribution in [1.82, 2.24) is 0 Å². The molecule has 0 aliphatic rings. The number of ketones is 1. The van der Waals surface area contributed by atoms with E-state index < -0.39 is 0 Å². The summed E-state index contributed by atoms with van der Waals surface area (Å²) in [6, 6.07) is 14.4. The van der Waals surface area contributed by atoms with E-state index in [0.717, 1.165) is 5.56 Å². The van der Waals surface area contributed by atoms with Crippen LogP contribution in [0.25, 0.3) is 6.08 Å². The summed E-state index contributed by atoms with van der Waals surface area (Å²) in [4.78, 5) is 11.9. The van der Waals surface area contributed by atoms with E-state index in [-0.39, 0.29) is 5.78 Å². The standard InChI is InChI=1S/C15H10Cl2O/c16-13-8-12(9-14(17)10-13)15(18)7-6-11-4-2-1-3-5-11/h1-10H/b7-6+. The van der Waals surface area contributed by atoms with Crippen LogP contribution in [0.3, 0.4) is 0 Å². The summed E-state index contributed by atoms with van der Waals surface area (Å²) in [7, 11) is 0. The molecule has 0 atom stereocenters. The number of benzene rings is 2. The third kappa shape index (κ3) is 3.46. The van der Waals surface area contributed by atoms with Gasteiger partial charge in [0.1, 0.15) is 0 Å². The molecule has 1 nitrogen and oxygen atoms in total. The van der Waals surface area contributed by atoms with Crippen LogP contribution in [0.5, 0.6) is 0 Å². The van der Waals surface area contributed by atoms with Crippen molar-refractivity contribution in [1.29, 1.82) is 0 Å². The molecule has 2 rings (SSSR count). The van der Waals surface area contributed by atoms with Gasteiger partial charge in [0.15, 0.2) is 5.78 Å². The molecule has 0 aliphatic carbocycles. The highest BCUT2D eigenvalue weighted by atomic mass is 35.5. The largest absolute Gasteiger partial charge is 0.289 e. The topological polar surface area (TPSA) is 17.1 Å². The highest BCUT2D eigenvalue weighted by molar-refractivity contribution is 6.35. The molecule has 2 aromatic carbocycles. The molecule has 0 unspecified atom stereocenters. The second-order valence-corrected chi connectivity index (χ2v) is 4.64. The monoisotopic (exact) mass is 276 g/mol. The fourth-order valence-corrected chi connectivity index (χ4v) is 2.05. The van der Waals surface area contributed by atoms with Crippen LogP contribution < -0.4 is 0 Å². The first-order valence-corrected chi connectivity index (χ1v) is 6.14. The SMILES string of the molecule is O=C(/C=C/c1ccccc1)c1cc(Cl)cc(Cl)c1. The Morgan fingerprint density at radius 2 is 1.56 bits per heavy atom. The maximum Gasteiger partial charge on any atom is 0.185 e. The van der Waals surface area contributed by atoms with Crippen molar-refractivity contribution < 1.29 is 4.79 Å². The summed E-state index contributed by atoms with van der Waals surface area (Å²) in [6.45, 7) is 0. The minimum Gasteiger partial charge on any atom is -0.289 e. The maximum absolute atomic E-state index is 11.9. The Labute approximate surface area is 116 Å². The number of halogens is 2. The zero-order chi connectivity index (χ0) is 13.0.